The predicted molar refractivity (Wildman–Crippen MR) is 56.0 cm³/mol. The molecule has 1 aliphatic heterocycles. The van der Waals surface area contributed by atoms with E-state index in [2.05, 4.69) is 4.74 Å². The highest BCUT2D eigenvalue weighted by Gasteiger charge is 2.64. The van der Waals surface area contributed by atoms with Gasteiger partial charge >= 0.3 is 12.3 Å². The predicted octanol–water partition coefficient (Wildman–Crippen LogP) is 2.54. The van der Waals surface area contributed by atoms with Crippen LogP contribution in [0.4, 0.5) is 13.2 Å². The van der Waals surface area contributed by atoms with Gasteiger partial charge in [-0.15, -0.1) is 13.2 Å². The third-order valence-corrected chi connectivity index (χ3v) is 3.58. The molecule has 0 saturated heterocycles. The quantitative estimate of drug-likeness (QED) is 0.900. The van der Waals surface area contributed by atoms with Crippen LogP contribution < -0.4 is 9.47 Å². The zero-order chi connectivity index (χ0) is 13.8. The van der Waals surface area contributed by atoms with Crippen LogP contribution in [0.5, 0.6) is 11.5 Å². The van der Waals surface area contributed by atoms with Gasteiger partial charge in [0.05, 0.1) is 0 Å². The second kappa shape index (κ2) is 3.55. The Labute approximate surface area is 105 Å². The number of fused-ring (bicyclic) bond motifs is 3. The summed E-state index contributed by atoms with van der Waals surface area (Å²) in [5.74, 6) is -1.22. The van der Waals surface area contributed by atoms with E-state index in [1.54, 1.807) is 0 Å². The van der Waals surface area contributed by atoms with Crippen molar-refractivity contribution < 1.29 is 32.5 Å². The average Bonchev–Trinajstić information content (AvgIpc) is 3.03. The molecule has 0 amide bonds. The van der Waals surface area contributed by atoms with Crippen LogP contribution in [-0.2, 0) is 4.79 Å². The van der Waals surface area contributed by atoms with Crippen molar-refractivity contribution in [3.05, 3.63) is 23.8 Å². The summed E-state index contributed by atoms with van der Waals surface area (Å²) in [6.45, 7) is 0.0550. The zero-order valence-electron chi connectivity index (χ0n) is 9.53. The molecular formula is C12H9F3O4. The molecule has 3 rings (SSSR count). The Hall–Kier alpha value is -1.92. The van der Waals surface area contributed by atoms with Crippen LogP contribution in [0.3, 0.4) is 0 Å². The first-order valence-electron chi connectivity index (χ1n) is 5.58. The lowest BCUT2D eigenvalue weighted by Crippen LogP contribution is -2.28. The van der Waals surface area contributed by atoms with Crippen molar-refractivity contribution in [2.45, 2.75) is 18.7 Å². The summed E-state index contributed by atoms with van der Waals surface area (Å²) >= 11 is 0. The van der Waals surface area contributed by atoms with Crippen LogP contribution in [-0.4, -0.2) is 24.0 Å². The smallest absolute Gasteiger partial charge is 0.492 e. The minimum atomic E-state index is -4.77. The summed E-state index contributed by atoms with van der Waals surface area (Å²) in [5, 5.41) is 9.13. The molecule has 1 heterocycles. The van der Waals surface area contributed by atoms with Gasteiger partial charge in [0.15, 0.2) is 0 Å². The molecule has 2 aliphatic rings. The van der Waals surface area contributed by atoms with Gasteiger partial charge in [0, 0.05) is 11.5 Å². The van der Waals surface area contributed by atoms with Gasteiger partial charge in [-0.3, -0.25) is 4.79 Å². The molecule has 7 heteroatoms. The van der Waals surface area contributed by atoms with Gasteiger partial charge in [0.1, 0.15) is 23.5 Å². The van der Waals surface area contributed by atoms with Crippen LogP contribution in [0.15, 0.2) is 18.2 Å². The van der Waals surface area contributed by atoms with Gasteiger partial charge in [0.25, 0.3) is 0 Å². The number of halogens is 3. The van der Waals surface area contributed by atoms with E-state index < -0.39 is 17.7 Å². The lowest BCUT2D eigenvalue weighted by molar-refractivity contribution is -0.274. The maximum atomic E-state index is 12.1. The Bertz CT molecular complexity index is 554. The maximum absolute atomic E-state index is 12.1. The fourth-order valence-electron chi connectivity index (χ4n) is 2.50. The molecule has 0 bridgehead atoms. The lowest BCUT2D eigenvalue weighted by atomic mass is 9.96. The summed E-state index contributed by atoms with van der Waals surface area (Å²) in [5.41, 5.74) is -0.514. The van der Waals surface area contributed by atoms with E-state index in [1.165, 1.54) is 12.1 Å². The van der Waals surface area contributed by atoms with Crippen LogP contribution in [0.25, 0.3) is 0 Å². The number of hydrogen-bond acceptors (Lipinski definition) is 3. The Kier molecular flexibility index (Phi) is 2.27. The molecule has 1 aromatic rings. The molecule has 2 unspecified atom stereocenters. The number of benzene rings is 1. The Balaban J connectivity index is 1.92. The number of ether oxygens (including phenoxy) is 2. The first-order valence-corrected chi connectivity index (χ1v) is 5.58. The minimum absolute atomic E-state index is 0.0550. The topological polar surface area (TPSA) is 55.8 Å². The number of rotatable bonds is 2. The van der Waals surface area contributed by atoms with E-state index >= 15 is 0 Å². The molecule has 19 heavy (non-hydrogen) atoms. The van der Waals surface area contributed by atoms with Crippen LogP contribution in [0, 0.1) is 5.41 Å². The van der Waals surface area contributed by atoms with Crippen molar-refractivity contribution in [1.29, 1.82) is 0 Å². The minimum Gasteiger partial charge on any atom is -0.492 e. The molecule has 0 radical (unpaired) electrons. The summed E-state index contributed by atoms with van der Waals surface area (Å²) in [7, 11) is 0. The van der Waals surface area contributed by atoms with Gasteiger partial charge in [-0.2, -0.15) is 0 Å². The maximum Gasteiger partial charge on any atom is 0.573 e. The number of alkyl halides is 3. The van der Waals surface area contributed by atoms with Crippen molar-refractivity contribution in [3.8, 4) is 11.5 Å². The summed E-state index contributed by atoms with van der Waals surface area (Å²) in [4.78, 5) is 11.2. The zero-order valence-corrected chi connectivity index (χ0v) is 9.53. The molecule has 1 N–H and O–H groups in total. The second-order valence-electron chi connectivity index (χ2n) is 4.75. The molecule has 1 aliphatic carbocycles. The van der Waals surface area contributed by atoms with Gasteiger partial charge in [-0.25, -0.2) is 0 Å². The van der Waals surface area contributed by atoms with Crippen molar-refractivity contribution >= 4 is 5.97 Å². The molecule has 1 aromatic carbocycles. The summed E-state index contributed by atoms with van der Waals surface area (Å²) in [6, 6.07) is 3.74. The molecule has 2 atom stereocenters. The van der Waals surface area contributed by atoms with Crippen LogP contribution >= 0.6 is 0 Å². The Morgan fingerprint density at radius 3 is 2.84 bits per heavy atom. The number of carboxylic acid groups (broad SMARTS) is 1. The van der Waals surface area contributed by atoms with E-state index in [0.717, 1.165) is 6.07 Å². The highest BCUT2D eigenvalue weighted by Crippen LogP contribution is 2.64. The first-order chi connectivity index (χ1) is 8.82. The Morgan fingerprint density at radius 1 is 1.47 bits per heavy atom. The largest absolute Gasteiger partial charge is 0.573 e. The highest BCUT2D eigenvalue weighted by atomic mass is 19.4. The van der Waals surface area contributed by atoms with E-state index in [1.807, 2.05) is 0 Å². The number of hydrogen-bond donors (Lipinski definition) is 1. The standard InChI is InChI=1S/C12H9F3O4/c13-12(14,15)19-6-1-2-9-7(3-6)8-4-11(8,5-18-9)10(16)17/h1-3,8H,4-5H2,(H,16,17). The van der Waals surface area contributed by atoms with E-state index in [4.69, 9.17) is 9.84 Å². The first kappa shape index (κ1) is 12.1. The normalized spacial score (nSPS) is 27.8. The van der Waals surface area contributed by atoms with Crippen molar-refractivity contribution in [2.75, 3.05) is 6.61 Å². The number of carbonyl (C=O) groups is 1. The fourth-order valence-corrected chi connectivity index (χ4v) is 2.50. The third-order valence-electron chi connectivity index (χ3n) is 3.58. The molecule has 102 valence electrons. The molecular weight excluding hydrogens is 265 g/mol. The number of carboxylic acids is 1. The average molecular weight is 274 g/mol. The lowest BCUT2D eigenvalue weighted by Gasteiger charge is -2.22. The van der Waals surface area contributed by atoms with Gasteiger partial charge in [-0.1, -0.05) is 0 Å². The Morgan fingerprint density at radius 2 is 2.21 bits per heavy atom. The molecule has 1 saturated carbocycles. The van der Waals surface area contributed by atoms with E-state index in [-0.39, 0.29) is 18.3 Å². The van der Waals surface area contributed by atoms with Crippen molar-refractivity contribution in [2.24, 2.45) is 5.41 Å². The SMILES string of the molecule is O=C(O)C12COc3ccc(OC(F)(F)F)cc3C1C2. The monoisotopic (exact) mass is 274 g/mol. The van der Waals surface area contributed by atoms with Crippen LogP contribution in [0.1, 0.15) is 17.9 Å². The van der Waals surface area contributed by atoms with Crippen molar-refractivity contribution in [1.82, 2.24) is 0 Å². The third kappa shape index (κ3) is 1.89. The molecule has 0 spiro atoms. The number of aliphatic carboxylic acids is 1. The van der Waals surface area contributed by atoms with Crippen LogP contribution in [0.2, 0.25) is 0 Å². The summed E-state index contributed by atoms with van der Waals surface area (Å²) < 4.78 is 45.5. The van der Waals surface area contributed by atoms with E-state index in [0.29, 0.717) is 17.7 Å². The second-order valence-corrected chi connectivity index (χ2v) is 4.75. The summed E-state index contributed by atoms with van der Waals surface area (Å²) in [6.07, 6.45) is -4.39. The molecule has 1 fully saturated rings. The van der Waals surface area contributed by atoms with Gasteiger partial charge in [-0.05, 0) is 24.6 Å². The van der Waals surface area contributed by atoms with E-state index in [9.17, 15) is 18.0 Å². The van der Waals surface area contributed by atoms with Gasteiger partial charge < -0.3 is 14.6 Å². The fraction of sp³-hybridized carbons (Fsp3) is 0.417. The molecule has 4 nitrogen and oxygen atoms in total. The van der Waals surface area contributed by atoms with Gasteiger partial charge in [0.2, 0.25) is 0 Å². The molecule has 0 aromatic heterocycles. The van der Waals surface area contributed by atoms with Crippen molar-refractivity contribution in [3.63, 3.8) is 0 Å². The highest BCUT2D eigenvalue weighted by molar-refractivity contribution is 5.82.